The zero-order valence-electron chi connectivity index (χ0n) is 8.02. The van der Waals surface area contributed by atoms with Crippen molar-refractivity contribution in [3.05, 3.63) is 35.1 Å². The number of hydrogen-bond donors (Lipinski definition) is 0. The molecule has 0 atom stereocenters. The SMILES string of the molecule is CCc1c(F)cccc1C(=O)CCBr. The molecule has 0 aliphatic heterocycles. The minimum Gasteiger partial charge on any atom is -0.294 e. The Labute approximate surface area is 91.5 Å². The Kier molecular flexibility index (Phi) is 4.26. The van der Waals surface area contributed by atoms with Crippen molar-refractivity contribution in [3.8, 4) is 0 Å². The lowest BCUT2D eigenvalue weighted by atomic mass is 10.00. The number of carbonyl (C=O) groups excluding carboxylic acids is 1. The molecule has 0 aromatic heterocycles. The van der Waals surface area contributed by atoms with Crippen LogP contribution < -0.4 is 0 Å². The van der Waals surface area contributed by atoms with E-state index in [1.54, 1.807) is 12.1 Å². The Balaban J connectivity index is 3.07. The third kappa shape index (κ3) is 2.41. The Morgan fingerprint density at radius 2 is 2.21 bits per heavy atom. The average molecular weight is 259 g/mol. The van der Waals surface area contributed by atoms with E-state index >= 15 is 0 Å². The van der Waals surface area contributed by atoms with Gasteiger partial charge in [0.1, 0.15) is 5.82 Å². The lowest BCUT2D eigenvalue weighted by molar-refractivity contribution is 0.0988. The van der Waals surface area contributed by atoms with Crippen LogP contribution in [0.3, 0.4) is 0 Å². The van der Waals surface area contributed by atoms with Gasteiger partial charge >= 0.3 is 0 Å². The van der Waals surface area contributed by atoms with Crippen molar-refractivity contribution in [1.82, 2.24) is 0 Å². The molecule has 0 aliphatic carbocycles. The lowest BCUT2D eigenvalue weighted by Gasteiger charge is -2.06. The molecule has 0 fully saturated rings. The first-order chi connectivity index (χ1) is 6.70. The fraction of sp³-hybridized carbons (Fsp3) is 0.364. The van der Waals surface area contributed by atoms with E-state index in [2.05, 4.69) is 15.9 Å². The fourth-order valence-corrected chi connectivity index (χ4v) is 1.76. The molecular weight excluding hydrogens is 247 g/mol. The van der Waals surface area contributed by atoms with Crippen molar-refractivity contribution in [1.29, 1.82) is 0 Å². The number of rotatable bonds is 4. The summed E-state index contributed by atoms with van der Waals surface area (Å²) in [7, 11) is 0. The van der Waals surface area contributed by atoms with Crippen LogP contribution in [0.15, 0.2) is 18.2 Å². The van der Waals surface area contributed by atoms with Crippen LogP contribution in [-0.4, -0.2) is 11.1 Å². The number of alkyl halides is 1. The summed E-state index contributed by atoms with van der Waals surface area (Å²) in [4.78, 5) is 11.6. The zero-order chi connectivity index (χ0) is 10.6. The standard InChI is InChI=1S/C11H12BrFO/c1-2-8-9(11(14)6-7-12)4-3-5-10(8)13/h3-5H,2,6-7H2,1H3. The van der Waals surface area contributed by atoms with Crippen LogP contribution in [-0.2, 0) is 6.42 Å². The van der Waals surface area contributed by atoms with Gasteiger partial charge in [0, 0.05) is 17.3 Å². The van der Waals surface area contributed by atoms with Crippen molar-refractivity contribution in [2.24, 2.45) is 0 Å². The molecule has 0 spiro atoms. The van der Waals surface area contributed by atoms with Gasteiger partial charge in [-0.15, -0.1) is 0 Å². The predicted molar refractivity (Wildman–Crippen MR) is 58.5 cm³/mol. The summed E-state index contributed by atoms with van der Waals surface area (Å²) in [5, 5.41) is 0.617. The van der Waals surface area contributed by atoms with Gasteiger partial charge in [0.2, 0.25) is 0 Å². The number of Topliss-reactive ketones (excluding diaryl/α,β-unsaturated/α-hetero) is 1. The third-order valence-electron chi connectivity index (χ3n) is 2.09. The Hall–Kier alpha value is -0.700. The van der Waals surface area contributed by atoms with Gasteiger partial charge in [-0.2, -0.15) is 0 Å². The first-order valence-corrected chi connectivity index (χ1v) is 5.69. The second-order valence-electron chi connectivity index (χ2n) is 2.98. The highest BCUT2D eigenvalue weighted by Crippen LogP contribution is 2.16. The third-order valence-corrected chi connectivity index (χ3v) is 2.49. The van der Waals surface area contributed by atoms with Crippen LogP contribution in [0.4, 0.5) is 4.39 Å². The maximum Gasteiger partial charge on any atom is 0.164 e. The topological polar surface area (TPSA) is 17.1 Å². The zero-order valence-corrected chi connectivity index (χ0v) is 9.60. The second-order valence-corrected chi connectivity index (χ2v) is 3.77. The van der Waals surface area contributed by atoms with Crippen LogP contribution in [0.2, 0.25) is 0 Å². The molecule has 0 bridgehead atoms. The summed E-state index contributed by atoms with van der Waals surface area (Å²) < 4.78 is 13.3. The fourth-order valence-electron chi connectivity index (χ4n) is 1.40. The number of hydrogen-bond acceptors (Lipinski definition) is 1. The van der Waals surface area contributed by atoms with Crippen LogP contribution in [0.25, 0.3) is 0 Å². The van der Waals surface area contributed by atoms with Gasteiger partial charge in [0.05, 0.1) is 0 Å². The smallest absolute Gasteiger partial charge is 0.164 e. The molecule has 3 heteroatoms. The lowest BCUT2D eigenvalue weighted by Crippen LogP contribution is -2.05. The minimum atomic E-state index is -0.284. The van der Waals surface area contributed by atoms with Crippen molar-refractivity contribution in [2.45, 2.75) is 19.8 Å². The molecule has 0 radical (unpaired) electrons. The van der Waals surface area contributed by atoms with E-state index in [9.17, 15) is 9.18 Å². The summed E-state index contributed by atoms with van der Waals surface area (Å²) in [6, 6.07) is 4.66. The highest BCUT2D eigenvalue weighted by Gasteiger charge is 2.12. The van der Waals surface area contributed by atoms with Crippen LogP contribution in [0.5, 0.6) is 0 Å². The van der Waals surface area contributed by atoms with E-state index in [4.69, 9.17) is 0 Å². The molecule has 0 saturated carbocycles. The van der Waals surface area contributed by atoms with Crippen LogP contribution >= 0.6 is 15.9 Å². The maximum absolute atomic E-state index is 13.3. The van der Waals surface area contributed by atoms with Crippen molar-refractivity contribution >= 4 is 21.7 Å². The molecule has 0 heterocycles. The first kappa shape index (κ1) is 11.4. The van der Waals surface area contributed by atoms with Crippen molar-refractivity contribution in [2.75, 3.05) is 5.33 Å². The highest BCUT2D eigenvalue weighted by atomic mass is 79.9. The van der Waals surface area contributed by atoms with E-state index in [1.807, 2.05) is 6.92 Å². The number of ketones is 1. The molecule has 1 aromatic rings. The van der Waals surface area contributed by atoms with Crippen LogP contribution in [0.1, 0.15) is 29.3 Å². The molecule has 1 rings (SSSR count). The maximum atomic E-state index is 13.3. The van der Waals surface area contributed by atoms with Crippen molar-refractivity contribution in [3.63, 3.8) is 0 Å². The number of benzene rings is 1. The van der Waals surface area contributed by atoms with E-state index in [-0.39, 0.29) is 11.6 Å². The Morgan fingerprint density at radius 1 is 1.50 bits per heavy atom. The van der Waals surface area contributed by atoms with E-state index in [1.165, 1.54) is 6.07 Å². The van der Waals surface area contributed by atoms with Gasteiger partial charge in [-0.05, 0) is 18.1 Å². The molecule has 76 valence electrons. The van der Waals surface area contributed by atoms with Crippen LogP contribution in [0, 0.1) is 5.82 Å². The molecule has 0 amide bonds. The summed E-state index contributed by atoms with van der Waals surface area (Å²) in [5.74, 6) is -0.286. The Morgan fingerprint density at radius 3 is 2.79 bits per heavy atom. The normalized spacial score (nSPS) is 10.2. The van der Waals surface area contributed by atoms with E-state index in [0.29, 0.717) is 29.3 Å². The minimum absolute atomic E-state index is 0.00164. The summed E-state index contributed by atoms with van der Waals surface area (Å²) in [6.45, 7) is 1.85. The molecule has 14 heavy (non-hydrogen) atoms. The number of carbonyl (C=O) groups is 1. The monoisotopic (exact) mass is 258 g/mol. The molecular formula is C11H12BrFO. The molecule has 1 aromatic carbocycles. The summed E-state index contributed by atoms with van der Waals surface area (Å²) in [6.07, 6.45) is 0.965. The summed E-state index contributed by atoms with van der Waals surface area (Å²) >= 11 is 3.20. The van der Waals surface area contributed by atoms with Gasteiger partial charge in [0.15, 0.2) is 5.78 Å². The van der Waals surface area contributed by atoms with E-state index in [0.717, 1.165) is 0 Å². The van der Waals surface area contributed by atoms with Gasteiger partial charge in [-0.1, -0.05) is 35.0 Å². The molecule has 1 nitrogen and oxygen atoms in total. The molecule has 0 saturated heterocycles. The summed E-state index contributed by atoms with van der Waals surface area (Å²) in [5.41, 5.74) is 1.05. The van der Waals surface area contributed by atoms with Gasteiger partial charge in [-0.25, -0.2) is 4.39 Å². The van der Waals surface area contributed by atoms with Gasteiger partial charge < -0.3 is 0 Å². The van der Waals surface area contributed by atoms with Gasteiger partial charge in [-0.3, -0.25) is 4.79 Å². The Bertz CT molecular complexity index is 336. The van der Waals surface area contributed by atoms with Crippen molar-refractivity contribution < 1.29 is 9.18 Å². The first-order valence-electron chi connectivity index (χ1n) is 4.57. The van der Waals surface area contributed by atoms with E-state index < -0.39 is 0 Å². The quantitative estimate of drug-likeness (QED) is 0.598. The highest BCUT2D eigenvalue weighted by molar-refractivity contribution is 9.09. The van der Waals surface area contributed by atoms with Gasteiger partial charge in [0.25, 0.3) is 0 Å². The number of halogens is 2. The second kappa shape index (κ2) is 5.25. The predicted octanol–water partition coefficient (Wildman–Crippen LogP) is 3.36. The molecule has 0 N–H and O–H groups in total. The largest absolute Gasteiger partial charge is 0.294 e. The molecule has 0 unspecified atom stereocenters. The molecule has 0 aliphatic rings. The average Bonchev–Trinajstić information content (AvgIpc) is 2.17.